The molecule has 0 aliphatic carbocycles. The minimum absolute atomic E-state index is 0.0913. The van der Waals surface area contributed by atoms with E-state index in [4.69, 9.17) is 9.47 Å². The third kappa shape index (κ3) is 5.21. The van der Waals surface area contributed by atoms with Crippen LogP contribution in [0.1, 0.15) is 48.7 Å². The van der Waals surface area contributed by atoms with Crippen LogP contribution >= 0.6 is 0 Å². The Kier molecular flexibility index (Phi) is 7.20. The van der Waals surface area contributed by atoms with Crippen molar-refractivity contribution >= 4 is 10.9 Å². The second kappa shape index (κ2) is 11.0. The Morgan fingerprint density at radius 3 is 2.71 bits per heavy atom. The molecule has 2 fully saturated rings. The zero-order valence-corrected chi connectivity index (χ0v) is 21.8. The maximum Gasteiger partial charge on any atom is 0.253 e. The summed E-state index contributed by atoms with van der Waals surface area (Å²) in [5.41, 5.74) is 2.68. The smallest absolute Gasteiger partial charge is 0.253 e. The molecule has 9 heteroatoms. The first-order chi connectivity index (χ1) is 18.7. The van der Waals surface area contributed by atoms with Crippen molar-refractivity contribution in [1.82, 2.24) is 30.1 Å². The Hall–Kier alpha value is -3.56. The van der Waals surface area contributed by atoms with Gasteiger partial charge in [0.05, 0.1) is 19.8 Å². The quantitative estimate of drug-likeness (QED) is 0.382. The summed E-state index contributed by atoms with van der Waals surface area (Å²) in [6, 6.07) is 18.0. The number of pyridine rings is 1. The van der Waals surface area contributed by atoms with Gasteiger partial charge in [0.25, 0.3) is 5.56 Å². The zero-order chi connectivity index (χ0) is 25.9. The minimum atomic E-state index is -0.358. The Morgan fingerprint density at radius 1 is 1.11 bits per heavy atom. The van der Waals surface area contributed by atoms with Gasteiger partial charge in [-0.15, -0.1) is 5.10 Å². The lowest BCUT2D eigenvalue weighted by Crippen LogP contribution is -2.41. The molecule has 2 atom stereocenters. The van der Waals surface area contributed by atoms with Gasteiger partial charge in [0.2, 0.25) is 0 Å². The van der Waals surface area contributed by atoms with Crippen molar-refractivity contribution in [2.45, 2.75) is 50.8 Å². The van der Waals surface area contributed by atoms with E-state index in [9.17, 15) is 4.79 Å². The molecular formula is C29H34N6O3. The van der Waals surface area contributed by atoms with Crippen molar-refractivity contribution in [2.75, 3.05) is 26.8 Å². The van der Waals surface area contributed by atoms with Gasteiger partial charge >= 0.3 is 0 Å². The van der Waals surface area contributed by atoms with Crippen LogP contribution in [0.3, 0.4) is 0 Å². The van der Waals surface area contributed by atoms with E-state index in [1.54, 1.807) is 7.11 Å². The first-order valence-corrected chi connectivity index (χ1v) is 13.5. The van der Waals surface area contributed by atoms with Crippen molar-refractivity contribution in [3.05, 3.63) is 81.9 Å². The van der Waals surface area contributed by atoms with Crippen LogP contribution in [0.25, 0.3) is 10.9 Å². The first-order valence-electron chi connectivity index (χ1n) is 13.5. The largest absolute Gasteiger partial charge is 0.497 e. The number of ether oxygens (including phenoxy) is 2. The van der Waals surface area contributed by atoms with E-state index in [1.807, 2.05) is 28.9 Å². The van der Waals surface area contributed by atoms with Crippen molar-refractivity contribution in [2.24, 2.45) is 5.92 Å². The summed E-state index contributed by atoms with van der Waals surface area (Å²) in [5.74, 6) is 2.04. The SMILES string of the molecule is COc1ccc2[nH]c(=O)c([C@@H](c3nnnn3C[C@H]3CCCO3)N3CCC(Cc4ccccc4)CC3)cc2c1. The maximum absolute atomic E-state index is 13.5. The lowest BCUT2D eigenvalue weighted by atomic mass is 9.89. The van der Waals surface area contributed by atoms with Crippen LogP contribution in [-0.2, 0) is 17.7 Å². The van der Waals surface area contributed by atoms with E-state index in [0.29, 0.717) is 23.9 Å². The fourth-order valence-electron chi connectivity index (χ4n) is 5.91. The predicted octanol–water partition coefficient (Wildman–Crippen LogP) is 3.75. The lowest BCUT2D eigenvalue weighted by Gasteiger charge is -2.37. The number of likely N-dealkylation sites (tertiary alicyclic amines) is 1. The third-order valence-electron chi connectivity index (χ3n) is 7.96. The molecular weight excluding hydrogens is 480 g/mol. The number of benzene rings is 2. The highest BCUT2D eigenvalue weighted by Gasteiger charge is 2.34. The number of nitrogens with zero attached hydrogens (tertiary/aromatic N) is 5. The summed E-state index contributed by atoms with van der Waals surface area (Å²) >= 11 is 0. The minimum Gasteiger partial charge on any atom is -0.497 e. The number of hydrogen-bond acceptors (Lipinski definition) is 7. The zero-order valence-electron chi connectivity index (χ0n) is 21.8. The molecule has 2 aliphatic rings. The van der Waals surface area contributed by atoms with E-state index < -0.39 is 0 Å². The number of methoxy groups -OCH3 is 1. The number of hydrogen-bond donors (Lipinski definition) is 1. The third-order valence-corrected chi connectivity index (χ3v) is 7.96. The fraction of sp³-hybridized carbons (Fsp3) is 0.448. The van der Waals surface area contributed by atoms with Crippen molar-refractivity contribution in [3.8, 4) is 5.75 Å². The molecule has 0 radical (unpaired) electrons. The predicted molar refractivity (Wildman–Crippen MR) is 144 cm³/mol. The molecule has 6 rings (SSSR count). The van der Waals surface area contributed by atoms with Crippen molar-refractivity contribution in [1.29, 1.82) is 0 Å². The molecule has 0 bridgehead atoms. The monoisotopic (exact) mass is 514 g/mol. The molecule has 4 heterocycles. The topological polar surface area (TPSA) is 98.2 Å². The molecule has 0 unspecified atom stereocenters. The number of fused-ring (bicyclic) bond motifs is 1. The number of aromatic nitrogens is 5. The molecule has 0 saturated carbocycles. The van der Waals surface area contributed by atoms with Gasteiger partial charge in [0.1, 0.15) is 11.8 Å². The molecule has 0 amide bonds. The van der Waals surface area contributed by atoms with Gasteiger partial charge in [0, 0.05) is 23.1 Å². The number of piperidine rings is 1. The molecule has 38 heavy (non-hydrogen) atoms. The molecule has 2 aromatic carbocycles. The van der Waals surface area contributed by atoms with Crippen LogP contribution < -0.4 is 10.3 Å². The maximum atomic E-state index is 13.5. The van der Waals surface area contributed by atoms with Crippen LogP contribution in [0.15, 0.2) is 59.4 Å². The second-order valence-electron chi connectivity index (χ2n) is 10.4. The molecule has 198 valence electrons. The Morgan fingerprint density at radius 2 is 1.95 bits per heavy atom. The van der Waals surface area contributed by atoms with Gasteiger partial charge in [-0.05, 0) is 91.4 Å². The van der Waals surface area contributed by atoms with Crippen molar-refractivity contribution in [3.63, 3.8) is 0 Å². The van der Waals surface area contributed by atoms with Gasteiger partial charge < -0.3 is 14.5 Å². The summed E-state index contributed by atoms with van der Waals surface area (Å²) in [5, 5.41) is 13.8. The average Bonchev–Trinajstić information content (AvgIpc) is 3.63. The van der Waals surface area contributed by atoms with Gasteiger partial charge in [-0.25, -0.2) is 4.68 Å². The highest BCUT2D eigenvalue weighted by atomic mass is 16.5. The Bertz CT molecular complexity index is 1420. The van der Waals surface area contributed by atoms with E-state index in [2.05, 4.69) is 55.7 Å². The molecule has 2 aromatic heterocycles. The normalized spacial score (nSPS) is 19.7. The standard InChI is InChI=1S/C29H34N6O3/c1-37-23-9-10-26-22(17-23)18-25(29(36)30-26)27(28-31-32-33-35(28)19-24-8-5-15-38-24)34-13-11-21(12-14-34)16-20-6-3-2-4-7-20/h2-4,6-7,9-10,17-18,21,24,27H,5,8,11-16,19H2,1H3,(H,30,36)/t24-,27+/m1/s1. The molecule has 2 aliphatic heterocycles. The highest BCUT2D eigenvalue weighted by Crippen LogP contribution is 2.33. The van der Waals surface area contributed by atoms with Crippen molar-refractivity contribution < 1.29 is 9.47 Å². The summed E-state index contributed by atoms with van der Waals surface area (Å²) < 4.78 is 13.2. The number of H-pyrrole nitrogens is 1. The second-order valence-corrected chi connectivity index (χ2v) is 10.4. The lowest BCUT2D eigenvalue weighted by molar-refractivity contribution is 0.0892. The summed E-state index contributed by atoms with van der Waals surface area (Å²) in [6.45, 7) is 3.09. The van der Waals surface area contributed by atoms with Crippen LogP contribution in [-0.4, -0.2) is 63.0 Å². The summed E-state index contributed by atoms with van der Waals surface area (Å²) in [6.07, 6.45) is 5.31. The first kappa shape index (κ1) is 24.8. The molecule has 1 N–H and O–H groups in total. The highest BCUT2D eigenvalue weighted by molar-refractivity contribution is 5.80. The van der Waals surface area contributed by atoms with Gasteiger partial charge in [-0.3, -0.25) is 9.69 Å². The van der Waals surface area contributed by atoms with Crippen LogP contribution in [0, 0.1) is 5.92 Å². The van der Waals surface area contributed by atoms with Crippen LogP contribution in [0.4, 0.5) is 0 Å². The molecule has 0 spiro atoms. The number of aromatic amines is 1. The summed E-state index contributed by atoms with van der Waals surface area (Å²) in [4.78, 5) is 19.0. The Balaban J connectivity index is 1.33. The molecule has 4 aromatic rings. The molecule has 2 saturated heterocycles. The number of tetrazole rings is 1. The Labute approximate surface area is 221 Å². The van der Waals surface area contributed by atoms with E-state index in [0.717, 1.165) is 68.5 Å². The van der Waals surface area contributed by atoms with Crippen LogP contribution in [0.2, 0.25) is 0 Å². The fourth-order valence-corrected chi connectivity index (χ4v) is 5.91. The van der Waals surface area contributed by atoms with E-state index in [-0.39, 0.29) is 17.7 Å². The summed E-state index contributed by atoms with van der Waals surface area (Å²) in [7, 11) is 1.65. The van der Waals surface area contributed by atoms with E-state index >= 15 is 0 Å². The van der Waals surface area contributed by atoms with Crippen LogP contribution in [0.5, 0.6) is 5.75 Å². The van der Waals surface area contributed by atoms with Gasteiger partial charge in [-0.2, -0.15) is 0 Å². The van der Waals surface area contributed by atoms with Gasteiger partial charge in [-0.1, -0.05) is 30.3 Å². The van der Waals surface area contributed by atoms with Gasteiger partial charge in [0.15, 0.2) is 5.82 Å². The molecule has 9 nitrogen and oxygen atoms in total. The van der Waals surface area contributed by atoms with E-state index in [1.165, 1.54) is 5.56 Å². The average molecular weight is 515 g/mol. The number of nitrogens with one attached hydrogen (secondary N) is 1. The number of rotatable bonds is 8.